The van der Waals surface area contributed by atoms with E-state index in [1.165, 1.54) is 6.42 Å². The monoisotopic (exact) mass is 468 g/mol. The second kappa shape index (κ2) is 14.5. The molecule has 3 fully saturated rings. The summed E-state index contributed by atoms with van der Waals surface area (Å²) in [5.41, 5.74) is 0. The van der Waals surface area contributed by atoms with Gasteiger partial charge < -0.3 is 28.4 Å². The summed E-state index contributed by atoms with van der Waals surface area (Å²) in [4.78, 5) is 13.0. The highest BCUT2D eigenvalue weighted by Crippen LogP contribution is 2.38. The van der Waals surface area contributed by atoms with E-state index in [4.69, 9.17) is 28.4 Å². The lowest BCUT2D eigenvalue weighted by atomic mass is 9.92. The van der Waals surface area contributed by atoms with Crippen LogP contribution in [0.4, 0.5) is 0 Å². The Balaban J connectivity index is 1.73. The topological polar surface area (TPSA) is 72.5 Å². The first-order valence-corrected chi connectivity index (χ1v) is 13.0. The van der Waals surface area contributed by atoms with Gasteiger partial charge in [-0.3, -0.25) is 4.79 Å². The number of methoxy groups -OCH3 is 2. The summed E-state index contributed by atoms with van der Waals surface area (Å²) in [6.45, 7) is 3.67. The van der Waals surface area contributed by atoms with E-state index in [0.717, 1.165) is 64.4 Å². The minimum atomic E-state index is -0.603. The van der Waals surface area contributed by atoms with Gasteiger partial charge in [0.05, 0.1) is 18.1 Å². The van der Waals surface area contributed by atoms with Gasteiger partial charge in [0, 0.05) is 39.8 Å². The molecule has 0 aromatic rings. The lowest BCUT2D eigenvalue weighted by Gasteiger charge is -2.31. The average Bonchev–Trinajstić information content (AvgIpc) is 3.14. The summed E-state index contributed by atoms with van der Waals surface area (Å²) in [6.07, 6.45) is 13.8. The molecule has 0 bridgehead atoms. The van der Waals surface area contributed by atoms with Crippen molar-refractivity contribution in [3.63, 3.8) is 0 Å². The maximum Gasteiger partial charge on any atom is 0.167 e. The Kier molecular flexibility index (Phi) is 11.8. The van der Waals surface area contributed by atoms with Crippen LogP contribution in [0.25, 0.3) is 0 Å². The van der Waals surface area contributed by atoms with Crippen molar-refractivity contribution in [2.24, 2.45) is 11.8 Å². The van der Waals surface area contributed by atoms with Crippen LogP contribution in [0.15, 0.2) is 12.2 Å². The molecular formula is C26H44O7. The first-order valence-electron chi connectivity index (χ1n) is 13.0. The molecule has 2 saturated heterocycles. The van der Waals surface area contributed by atoms with Gasteiger partial charge >= 0.3 is 0 Å². The smallest absolute Gasteiger partial charge is 0.167 e. The molecule has 0 amide bonds. The Hall–Kier alpha value is -0.830. The summed E-state index contributed by atoms with van der Waals surface area (Å²) in [7, 11) is 3.16. The van der Waals surface area contributed by atoms with Crippen molar-refractivity contribution in [2.75, 3.05) is 27.4 Å². The Bertz CT molecular complexity index is 579. The van der Waals surface area contributed by atoms with Gasteiger partial charge in [-0.2, -0.15) is 0 Å². The number of unbranched alkanes of at least 4 members (excludes halogenated alkanes) is 2. The van der Waals surface area contributed by atoms with E-state index < -0.39 is 12.2 Å². The average molecular weight is 469 g/mol. The van der Waals surface area contributed by atoms with E-state index in [0.29, 0.717) is 13.0 Å². The maximum absolute atomic E-state index is 13.0. The van der Waals surface area contributed by atoms with Gasteiger partial charge in [-0.25, -0.2) is 0 Å². The molecule has 2 aliphatic heterocycles. The summed E-state index contributed by atoms with van der Waals surface area (Å²) >= 11 is 0. The SMILES string of the molecule is CCCCCC(C=C[C@H]1C(OC2CCCCO2)CC(=O)[C@@H]1C(OC)OC)OC1CCCCO1. The molecular weight excluding hydrogens is 424 g/mol. The number of carbonyl (C=O) groups excluding carboxylic acids is 1. The van der Waals surface area contributed by atoms with E-state index in [1.807, 2.05) is 0 Å². The van der Waals surface area contributed by atoms with Crippen molar-refractivity contribution in [1.29, 1.82) is 0 Å². The van der Waals surface area contributed by atoms with Gasteiger partial charge in [-0.15, -0.1) is 0 Å². The fourth-order valence-electron chi connectivity index (χ4n) is 5.11. The molecule has 0 N–H and O–H groups in total. The van der Waals surface area contributed by atoms with Gasteiger partial charge in [0.2, 0.25) is 0 Å². The number of hydrogen-bond acceptors (Lipinski definition) is 7. The maximum atomic E-state index is 13.0. The molecule has 0 aromatic carbocycles. The molecule has 190 valence electrons. The summed E-state index contributed by atoms with van der Waals surface area (Å²) in [5, 5.41) is 0. The highest BCUT2D eigenvalue weighted by atomic mass is 16.7. The van der Waals surface area contributed by atoms with Crippen LogP contribution in [0.2, 0.25) is 0 Å². The Morgan fingerprint density at radius 3 is 2.30 bits per heavy atom. The van der Waals surface area contributed by atoms with Crippen LogP contribution in [0.5, 0.6) is 0 Å². The molecule has 6 atom stereocenters. The zero-order valence-corrected chi connectivity index (χ0v) is 20.7. The van der Waals surface area contributed by atoms with E-state index in [9.17, 15) is 4.79 Å². The third-order valence-corrected chi connectivity index (χ3v) is 6.95. The molecule has 3 aliphatic rings. The molecule has 0 radical (unpaired) electrons. The van der Waals surface area contributed by atoms with Crippen LogP contribution in [-0.4, -0.2) is 64.3 Å². The van der Waals surface area contributed by atoms with Gasteiger partial charge in [-0.1, -0.05) is 38.3 Å². The zero-order valence-electron chi connectivity index (χ0n) is 20.7. The van der Waals surface area contributed by atoms with Crippen LogP contribution >= 0.6 is 0 Å². The van der Waals surface area contributed by atoms with Crippen molar-refractivity contribution in [3.05, 3.63) is 12.2 Å². The first-order chi connectivity index (χ1) is 16.2. The largest absolute Gasteiger partial charge is 0.355 e. The van der Waals surface area contributed by atoms with Crippen LogP contribution in [0.3, 0.4) is 0 Å². The number of hydrogen-bond donors (Lipinski definition) is 0. The fraction of sp³-hybridized carbons (Fsp3) is 0.885. The van der Waals surface area contributed by atoms with Crippen molar-refractivity contribution in [1.82, 2.24) is 0 Å². The zero-order chi connectivity index (χ0) is 23.5. The standard InChI is InChI=1S/C26H44O7/c1-4-5-6-11-19(32-23-12-7-9-16-30-23)14-15-20-22(33-24-13-8-10-17-31-24)18-21(27)25(20)26(28-2)29-3/h14-15,19-20,22-26H,4-13,16-18H2,1-3H3/t19?,20-,22?,23?,24?,25+/m0/s1. The van der Waals surface area contributed by atoms with E-state index in [1.54, 1.807) is 14.2 Å². The fourth-order valence-corrected chi connectivity index (χ4v) is 5.11. The van der Waals surface area contributed by atoms with Crippen LogP contribution < -0.4 is 0 Å². The molecule has 2 heterocycles. The molecule has 1 saturated carbocycles. The normalized spacial score (nSPS) is 32.1. The minimum Gasteiger partial charge on any atom is -0.355 e. The molecule has 3 rings (SSSR count). The van der Waals surface area contributed by atoms with E-state index in [2.05, 4.69) is 19.1 Å². The number of carbonyl (C=O) groups is 1. The second-order valence-corrected chi connectivity index (χ2v) is 9.44. The molecule has 0 spiro atoms. The lowest BCUT2D eigenvalue weighted by Crippen LogP contribution is -2.36. The van der Waals surface area contributed by atoms with Crippen LogP contribution in [-0.2, 0) is 33.2 Å². The van der Waals surface area contributed by atoms with Crippen molar-refractivity contribution in [2.45, 2.75) is 109 Å². The predicted octanol–water partition coefficient (Wildman–Crippen LogP) is 4.77. The highest BCUT2D eigenvalue weighted by Gasteiger charge is 2.47. The molecule has 0 aromatic heterocycles. The number of ether oxygens (including phenoxy) is 6. The van der Waals surface area contributed by atoms with Crippen LogP contribution in [0, 0.1) is 11.8 Å². The first kappa shape index (κ1) is 26.8. The summed E-state index contributed by atoms with van der Waals surface area (Å²) in [6, 6.07) is 0. The second-order valence-electron chi connectivity index (χ2n) is 9.44. The van der Waals surface area contributed by atoms with Gasteiger partial charge in [0.1, 0.15) is 5.78 Å². The third-order valence-electron chi connectivity index (χ3n) is 6.95. The van der Waals surface area contributed by atoms with Crippen molar-refractivity contribution >= 4 is 5.78 Å². The minimum absolute atomic E-state index is 0.0499. The molecule has 7 heteroatoms. The summed E-state index contributed by atoms with van der Waals surface area (Å²) < 4.78 is 35.3. The Morgan fingerprint density at radius 2 is 1.70 bits per heavy atom. The van der Waals surface area contributed by atoms with Crippen molar-refractivity contribution in [3.8, 4) is 0 Å². The highest BCUT2D eigenvalue weighted by molar-refractivity contribution is 5.85. The number of ketones is 1. The van der Waals surface area contributed by atoms with E-state index >= 15 is 0 Å². The van der Waals surface area contributed by atoms with E-state index in [-0.39, 0.29) is 36.5 Å². The Labute approximate surface area is 199 Å². The summed E-state index contributed by atoms with van der Waals surface area (Å²) in [5.74, 6) is -0.456. The predicted molar refractivity (Wildman–Crippen MR) is 125 cm³/mol. The molecule has 7 nitrogen and oxygen atoms in total. The van der Waals surface area contributed by atoms with Crippen LogP contribution in [0.1, 0.15) is 77.6 Å². The molecule has 33 heavy (non-hydrogen) atoms. The number of rotatable bonds is 13. The molecule has 4 unspecified atom stereocenters. The Morgan fingerprint density at radius 1 is 1.00 bits per heavy atom. The molecule has 1 aliphatic carbocycles. The number of Topliss-reactive ketones (excluding diaryl/α,β-unsaturated/α-hetero) is 1. The van der Waals surface area contributed by atoms with Gasteiger partial charge in [0.25, 0.3) is 0 Å². The lowest BCUT2D eigenvalue weighted by molar-refractivity contribution is -0.199. The van der Waals surface area contributed by atoms with Gasteiger partial charge in [0.15, 0.2) is 18.9 Å². The quantitative estimate of drug-likeness (QED) is 0.219. The van der Waals surface area contributed by atoms with Gasteiger partial charge in [-0.05, 0) is 44.9 Å². The third kappa shape index (κ3) is 8.11. The van der Waals surface area contributed by atoms with Crippen molar-refractivity contribution < 1.29 is 33.2 Å².